The predicted octanol–water partition coefficient (Wildman–Crippen LogP) is 7.73. The molecule has 2 atom stereocenters. The van der Waals surface area contributed by atoms with Gasteiger partial charge in [-0.2, -0.15) is 15.2 Å². The second-order valence-corrected chi connectivity index (χ2v) is 15.7. The Bertz CT molecular complexity index is 2090. The van der Waals surface area contributed by atoms with Gasteiger partial charge >= 0.3 is 12.1 Å². The van der Waals surface area contributed by atoms with Gasteiger partial charge in [-0.15, -0.1) is 11.3 Å². The van der Waals surface area contributed by atoms with E-state index in [1.165, 1.54) is 6.07 Å². The maximum Gasteiger partial charge on any atom is 0.412 e. The molecule has 0 radical (unpaired) electrons. The van der Waals surface area contributed by atoms with Crippen molar-refractivity contribution in [3.8, 4) is 23.2 Å². The van der Waals surface area contributed by atoms with Gasteiger partial charge in [-0.05, 0) is 81.5 Å². The molecule has 2 aliphatic heterocycles. The van der Waals surface area contributed by atoms with Gasteiger partial charge in [0.15, 0.2) is 5.78 Å². The third-order valence-corrected chi connectivity index (χ3v) is 10.5. The third kappa shape index (κ3) is 8.08. The van der Waals surface area contributed by atoms with Gasteiger partial charge < -0.3 is 29.2 Å². The number of thiophene rings is 1. The van der Waals surface area contributed by atoms with Crippen LogP contribution in [0.5, 0.6) is 6.01 Å². The van der Waals surface area contributed by atoms with Gasteiger partial charge in [0.1, 0.15) is 41.0 Å². The van der Waals surface area contributed by atoms with Gasteiger partial charge in [0.25, 0.3) is 0 Å². The molecular weight excluding hydrogens is 700 g/mol. The number of amides is 1. The maximum atomic E-state index is 15.7. The van der Waals surface area contributed by atoms with Crippen LogP contribution in [-0.4, -0.2) is 77.8 Å². The first-order valence-electron chi connectivity index (χ1n) is 18.1. The molecule has 12 nitrogen and oxygen atoms in total. The summed E-state index contributed by atoms with van der Waals surface area (Å²) in [6, 6.07) is 4.96. The summed E-state index contributed by atoms with van der Waals surface area (Å²) >= 11 is 0.990. The molecule has 2 N–H and O–H groups in total. The third-order valence-electron chi connectivity index (χ3n) is 9.34. The lowest BCUT2D eigenvalue weighted by atomic mass is 9.85. The van der Waals surface area contributed by atoms with Gasteiger partial charge in [0.2, 0.25) is 0 Å². The van der Waals surface area contributed by atoms with Crippen LogP contribution in [0.4, 0.5) is 20.0 Å². The van der Waals surface area contributed by atoms with E-state index in [0.29, 0.717) is 48.3 Å². The van der Waals surface area contributed by atoms with Gasteiger partial charge in [-0.3, -0.25) is 10.1 Å². The monoisotopic (exact) mass is 746 g/mol. The maximum absolute atomic E-state index is 15.7. The fraction of sp³-hybridized carbons (Fsp3) is 0.513. The van der Waals surface area contributed by atoms with Gasteiger partial charge in [-0.25, -0.2) is 9.18 Å². The van der Waals surface area contributed by atoms with Crippen LogP contribution in [0.25, 0.3) is 32.1 Å². The van der Waals surface area contributed by atoms with E-state index in [1.807, 2.05) is 14.0 Å². The van der Waals surface area contributed by atoms with Crippen molar-refractivity contribution in [1.29, 1.82) is 5.26 Å². The SMILES string of the molecule is CCCc1c(-c2ccc(F)c3sc(NC(=O)OC(C)(C)C)c(C#N)c23)c2c(c3c(NC(CCC)C(C)=O)nc(OCC4CN(C)CCO4)nc13)COC2. The summed E-state index contributed by atoms with van der Waals surface area (Å²) in [6.07, 6.45) is 1.80. The number of benzene rings is 2. The number of rotatable bonds is 12. The number of hydrogen-bond donors (Lipinski definition) is 2. The Morgan fingerprint density at radius 3 is 2.62 bits per heavy atom. The van der Waals surface area contributed by atoms with Gasteiger partial charge in [-0.1, -0.05) is 32.8 Å². The molecule has 0 bridgehead atoms. The number of likely N-dealkylation sites (N-methyl/N-ethyl adjacent to an activating group) is 1. The first-order valence-corrected chi connectivity index (χ1v) is 19.0. The number of morpholine rings is 1. The number of nitrogens with one attached hydrogen (secondary N) is 2. The summed E-state index contributed by atoms with van der Waals surface area (Å²) in [5.74, 6) is -0.0455. The number of hydrogen-bond acceptors (Lipinski definition) is 12. The van der Waals surface area contributed by atoms with Crippen molar-refractivity contribution in [2.45, 2.75) is 98.2 Å². The highest BCUT2D eigenvalue weighted by molar-refractivity contribution is 7.23. The number of anilines is 2. The molecule has 1 saturated heterocycles. The molecule has 4 aromatic rings. The largest absolute Gasteiger partial charge is 0.461 e. The van der Waals surface area contributed by atoms with Crippen LogP contribution in [0.2, 0.25) is 0 Å². The highest BCUT2D eigenvalue weighted by Crippen LogP contribution is 2.48. The van der Waals surface area contributed by atoms with Crippen LogP contribution in [0.3, 0.4) is 0 Å². The van der Waals surface area contributed by atoms with E-state index in [9.17, 15) is 14.9 Å². The molecule has 2 aliphatic rings. The van der Waals surface area contributed by atoms with Crippen LogP contribution in [-0.2, 0) is 38.6 Å². The molecule has 0 aliphatic carbocycles. The zero-order chi connectivity index (χ0) is 38.0. The van der Waals surface area contributed by atoms with E-state index in [-0.39, 0.29) is 53.0 Å². The van der Waals surface area contributed by atoms with Crippen molar-refractivity contribution in [1.82, 2.24) is 14.9 Å². The van der Waals surface area contributed by atoms with Crippen molar-refractivity contribution in [3.63, 3.8) is 0 Å². The summed E-state index contributed by atoms with van der Waals surface area (Å²) in [5, 5.41) is 18.0. The number of aryl methyl sites for hydroxylation is 1. The second-order valence-electron chi connectivity index (χ2n) is 14.6. The molecular formula is C39H47FN6O6S. The lowest BCUT2D eigenvalue weighted by Gasteiger charge is -2.29. The first kappa shape index (κ1) is 38.3. The van der Waals surface area contributed by atoms with Crippen LogP contribution in [0, 0.1) is 17.1 Å². The smallest absolute Gasteiger partial charge is 0.412 e. The topological polar surface area (TPSA) is 148 Å². The van der Waals surface area contributed by atoms with E-state index in [4.69, 9.17) is 28.9 Å². The van der Waals surface area contributed by atoms with Crippen molar-refractivity contribution >= 4 is 55.0 Å². The Labute approximate surface area is 313 Å². The summed E-state index contributed by atoms with van der Waals surface area (Å²) in [7, 11) is 2.04. The molecule has 14 heteroatoms. The molecule has 0 spiro atoms. The highest BCUT2D eigenvalue weighted by Gasteiger charge is 2.32. The quantitative estimate of drug-likeness (QED) is 0.147. The number of carbonyl (C=O) groups is 2. The van der Waals surface area contributed by atoms with Gasteiger partial charge in [0.05, 0.1) is 41.6 Å². The minimum absolute atomic E-state index is 0.0102. The number of nitriles is 1. The summed E-state index contributed by atoms with van der Waals surface area (Å²) in [4.78, 5) is 37.8. The lowest BCUT2D eigenvalue weighted by Crippen LogP contribution is -2.42. The lowest BCUT2D eigenvalue weighted by molar-refractivity contribution is -0.117. The zero-order valence-corrected chi connectivity index (χ0v) is 32.2. The van der Waals surface area contributed by atoms with Crippen LogP contribution in [0.1, 0.15) is 83.1 Å². The Kier molecular flexibility index (Phi) is 11.5. The minimum atomic E-state index is -0.774. The van der Waals surface area contributed by atoms with E-state index in [0.717, 1.165) is 58.4 Å². The fourth-order valence-electron chi connectivity index (χ4n) is 7.05. The summed E-state index contributed by atoms with van der Waals surface area (Å²) in [5.41, 5.74) is 3.98. The Balaban J connectivity index is 1.59. The number of carbonyl (C=O) groups excluding carboxylic acids is 2. The Morgan fingerprint density at radius 2 is 1.94 bits per heavy atom. The molecule has 1 amide bonds. The van der Waals surface area contributed by atoms with Gasteiger partial charge in [0, 0.05) is 23.9 Å². The molecule has 6 rings (SSSR count). The van der Waals surface area contributed by atoms with Crippen LogP contribution >= 0.6 is 11.3 Å². The Hall–Kier alpha value is -4.42. The van der Waals surface area contributed by atoms with Crippen molar-refractivity contribution in [2.24, 2.45) is 0 Å². The number of halogens is 1. The van der Waals surface area contributed by atoms with Crippen LogP contribution < -0.4 is 15.4 Å². The molecule has 0 saturated carbocycles. The number of aromatic nitrogens is 2. The number of ether oxygens (including phenoxy) is 4. The number of Topliss-reactive ketones (excluding diaryl/α,β-unsaturated/α-hetero) is 1. The van der Waals surface area contributed by atoms with Crippen LogP contribution in [0.15, 0.2) is 12.1 Å². The molecule has 282 valence electrons. The van der Waals surface area contributed by atoms with Crippen molar-refractivity contribution in [2.75, 3.05) is 44.0 Å². The molecule has 53 heavy (non-hydrogen) atoms. The number of fused-ring (bicyclic) bond motifs is 4. The standard InChI is InChI=1S/C39H47FN6O6S/c1-8-10-24-30(23-12-13-28(40)34-31(23)25(16-41)36(53-34)45-38(48)52-39(4,5)6)26-19-49-20-27(26)32-33(24)43-37(51-18-22-17-46(7)14-15-50-22)44-35(32)42-29(11-9-2)21(3)47/h12-13,22,29H,8-11,14-15,17-20H2,1-7H3,(H,45,48)(H,42,43,44). The average Bonchev–Trinajstić information content (AvgIpc) is 3.72. The summed E-state index contributed by atoms with van der Waals surface area (Å²) in [6.45, 7) is 13.8. The molecule has 2 aromatic heterocycles. The van der Waals surface area contributed by atoms with Crippen molar-refractivity contribution in [3.05, 3.63) is 40.2 Å². The zero-order valence-electron chi connectivity index (χ0n) is 31.4. The molecule has 1 fully saturated rings. The predicted molar refractivity (Wildman–Crippen MR) is 203 cm³/mol. The minimum Gasteiger partial charge on any atom is -0.461 e. The molecule has 2 aromatic carbocycles. The molecule has 2 unspecified atom stereocenters. The molecule has 4 heterocycles. The van der Waals surface area contributed by atoms with E-state index < -0.39 is 23.6 Å². The number of ketones is 1. The normalized spacial score (nSPS) is 16.7. The first-order chi connectivity index (χ1) is 25.3. The van der Waals surface area contributed by atoms with E-state index in [1.54, 1.807) is 33.8 Å². The Morgan fingerprint density at radius 1 is 1.17 bits per heavy atom. The average molecular weight is 747 g/mol. The number of nitrogens with zero attached hydrogens (tertiary/aromatic N) is 4. The van der Waals surface area contributed by atoms with E-state index in [2.05, 4.69) is 28.5 Å². The highest BCUT2D eigenvalue weighted by atomic mass is 32.1. The fourth-order valence-corrected chi connectivity index (χ4v) is 8.11. The second kappa shape index (κ2) is 15.9. The summed E-state index contributed by atoms with van der Waals surface area (Å²) < 4.78 is 39.7. The van der Waals surface area contributed by atoms with E-state index >= 15 is 4.39 Å². The van der Waals surface area contributed by atoms with Crippen molar-refractivity contribution < 1.29 is 32.9 Å².